The number of benzene rings is 1. The van der Waals surface area contributed by atoms with Crippen molar-refractivity contribution in [1.82, 2.24) is 20.5 Å². The highest BCUT2D eigenvalue weighted by molar-refractivity contribution is 5.95. The zero-order valence-electron chi connectivity index (χ0n) is 12.8. The highest BCUT2D eigenvalue weighted by atomic mass is 35.5. The number of nitrogens with one attached hydrogen (secondary N) is 2. The van der Waals surface area contributed by atoms with Crippen LogP contribution in [-0.2, 0) is 0 Å². The normalized spacial score (nSPS) is 14.3. The van der Waals surface area contributed by atoms with Gasteiger partial charge in [-0.2, -0.15) is 5.10 Å². The minimum atomic E-state index is -0.111. The molecule has 6 nitrogen and oxygen atoms in total. The summed E-state index contributed by atoms with van der Waals surface area (Å²) < 4.78 is 0. The van der Waals surface area contributed by atoms with E-state index in [0.717, 1.165) is 11.4 Å². The number of carbonyl (C=O) groups is 1. The third kappa shape index (κ3) is 4.92. The Balaban J connectivity index is 0.00000132. The molecule has 1 aliphatic rings. The Morgan fingerprint density at radius 3 is 2.78 bits per heavy atom. The van der Waals surface area contributed by atoms with Crippen molar-refractivity contribution in [3.63, 3.8) is 0 Å². The number of aromatic nitrogens is 3. The zero-order valence-corrected chi connectivity index (χ0v) is 14.4. The number of aryl methyl sites for hydroxylation is 1. The van der Waals surface area contributed by atoms with Gasteiger partial charge in [0.05, 0.1) is 0 Å². The van der Waals surface area contributed by atoms with Gasteiger partial charge in [-0.15, -0.1) is 24.8 Å². The Hall–Kier alpha value is -1.63. The largest absolute Gasteiger partial charge is 0.350 e. The van der Waals surface area contributed by atoms with Gasteiger partial charge < -0.3 is 11.1 Å². The van der Waals surface area contributed by atoms with Crippen LogP contribution in [0, 0.1) is 12.8 Å². The van der Waals surface area contributed by atoms with Crippen LogP contribution in [0.15, 0.2) is 24.3 Å². The second-order valence-electron chi connectivity index (χ2n) is 5.54. The first-order valence-corrected chi connectivity index (χ1v) is 7.16. The maximum Gasteiger partial charge on any atom is 0.251 e. The van der Waals surface area contributed by atoms with Gasteiger partial charge in [-0.3, -0.25) is 9.89 Å². The lowest BCUT2D eigenvalue weighted by Crippen LogP contribution is -2.38. The van der Waals surface area contributed by atoms with Crippen molar-refractivity contribution in [3.8, 4) is 11.4 Å². The molecule has 0 radical (unpaired) electrons. The standard InChI is InChI=1S/C15H19N5O.2ClH/c1-9-18-14(20-19-9)11-3-2-4-12(7-11)15(21)17-8-13(16)10-5-6-10;;/h2-4,7,10,13H,5-6,8,16H2,1H3,(H,17,21)(H,18,19,20);2*1H. The van der Waals surface area contributed by atoms with Crippen molar-refractivity contribution in [2.75, 3.05) is 6.54 Å². The fourth-order valence-corrected chi connectivity index (χ4v) is 2.27. The smallest absolute Gasteiger partial charge is 0.251 e. The molecule has 0 spiro atoms. The summed E-state index contributed by atoms with van der Waals surface area (Å²) in [6.45, 7) is 2.36. The number of rotatable bonds is 5. The first-order valence-electron chi connectivity index (χ1n) is 7.16. The second-order valence-corrected chi connectivity index (χ2v) is 5.54. The molecule has 126 valence electrons. The molecule has 3 rings (SSSR count). The zero-order chi connectivity index (χ0) is 14.8. The SMILES string of the molecule is Cc1nc(-c2cccc(C(=O)NCC(N)C3CC3)c2)n[nH]1.Cl.Cl. The number of H-pyrrole nitrogens is 1. The Morgan fingerprint density at radius 1 is 1.43 bits per heavy atom. The van der Waals surface area contributed by atoms with E-state index in [2.05, 4.69) is 20.5 Å². The van der Waals surface area contributed by atoms with Gasteiger partial charge in [0.25, 0.3) is 5.91 Å². The molecule has 1 saturated carbocycles. The molecule has 8 heteroatoms. The van der Waals surface area contributed by atoms with E-state index in [1.807, 2.05) is 19.1 Å². The molecule has 4 N–H and O–H groups in total. The van der Waals surface area contributed by atoms with E-state index in [0.29, 0.717) is 23.9 Å². The molecule has 2 aromatic rings. The topological polar surface area (TPSA) is 96.7 Å². The van der Waals surface area contributed by atoms with E-state index in [4.69, 9.17) is 5.73 Å². The van der Waals surface area contributed by atoms with E-state index in [-0.39, 0.29) is 36.8 Å². The summed E-state index contributed by atoms with van der Waals surface area (Å²) in [6.07, 6.45) is 2.35. The number of aromatic amines is 1. The molecule has 1 aromatic carbocycles. The third-order valence-electron chi connectivity index (χ3n) is 3.71. The Kier molecular flexibility index (Phi) is 7.00. The van der Waals surface area contributed by atoms with E-state index in [1.165, 1.54) is 12.8 Å². The summed E-state index contributed by atoms with van der Waals surface area (Å²) in [6, 6.07) is 7.35. The highest BCUT2D eigenvalue weighted by Gasteiger charge is 2.28. The number of nitrogens with two attached hydrogens (primary N) is 1. The molecule has 0 saturated heterocycles. The van der Waals surface area contributed by atoms with Crippen LogP contribution >= 0.6 is 24.8 Å². The number of halogens is 2. The quantitative estimate of drug-likeness (QED) is 0.763. The molecular formula is C15H21Cl2N5O. The summed E-state index contributed by atoms with van der Waals surface area (Å²) in [4.78, 5) is 16.4. The van der Waals surface area contributed by atoms with E-state index >= 15 is 0 Å². The van der Waals surface area contributed by atoms with Crippen LogP contribution in [0.1, 0.15) is 29.0 Å². The molecule has 23 heavy (non-hydrogen) atoms. The minimum Gasteiger partial charge on any atom is -0.350 e. The van der Waals surface area contributed by atoms with Crippen molar-refractivity contribution in [3.05, 3.63) is 35.7 Å². The lowest BCUT2D eigenvalue weighted by molar-refractivity contribution is 0.0950. The molecule has 1 atom stereocenters. The number of amides is 1. The number of nitrogens with zero attached hydrogens (tertiary/aromatic N) is 2. The number of carbonyl (C=O) groups excluding carboxylic acids is 1. The molecule has 0 bridgehead atoms. The molecule has 1 aliphatic carbocycles. The van der Waals surface area contributed by atoms with Gasteiger partial charge >= 0.3 is 0 Å². The van der Waals surface area contributed by atoms with Gasteiger partial charge in [-0.25, -0.2) is 4.98 Å². The van der Waals surface area contributed by atoms with Gasteiger partial charge in [0.1, 0.15) is 5.82 Å². The van der Waals surface area contributed by atoms with Crippen LogP contribution in [0.5, 0.6) is 0 Å². The van der Waals surface area contributed by atoms with Gasteiger partial charge in [0.2, 0.25) is 0 Å². The van der Waals surface area contributed by atoms with Crippen LogP contribution in [0.2, 0.25) is 0 Å². The average molecular weight is 358 g/mol. The maximum atomic E-state index is 12.2. The van der Waals surface area contributed by atoms with Gasteiger partial charge in [0, 0.05) is 23.7 Å². The highest BCUT2D eigenvalue weighted by Crippen LogP contribution is 2.31. The van der Waals surface area contributed by atoms with Crippen LogP contribution < -0.4 is 11.1 Å². The van der Waals surface area contributed by atoms with Gasteiger partial charge in [-0.05, 0) is 37.8 Å². The lowest BCUT2D eigenvalue weighted by Gasteiger charge is -2.11. The fraction of sp³-hybridized carbons (Fsp3) is 0.400. The first-order chi connectivity index (χ1) is 10.1. The van der Waals surface area contributed by atoms with Crippen LogP contribution in [-0.4, -0.2) is 33.7 Å². The summed E-state index contributed by atoms with van der Waals surface area (Å²) in [5.41, 5.74) is 7.40. The summed E-state index contributed by atoms with van der Waals surface area (Å²) in [5.74, 6) is 1.81. The van der Waals surface area contributed by atoms with Crippen molar-refractivity contribution in [1.29, 1.82) is 0 Å². The molecule has 1 fully saturated rings. The predicted molar refractivity (Wildman–Crippen MR) is 94.1 cm³/mol. The summed E-state index contributed by atoms with van der Waals surface area (Å²) in [5, 5.41) is 9.79. The van der Waals surface area contributed by atoms with E-state index < -0.39 is 0 Å². The average Bonchev–Trinajstić information content (AvgIpc) is 3.26. The van der Waals surface area contributed by atoms with Crippen LogP contribution in [0.4, 0.5) is 0 Å². The Bertz CT molecular complexity index is 657. The molecule has 1 aromatic heterocycles. The van der Waals surface area contributed by atoms with Crippen molar-refractivity contribution >= 4 is 30.7 Å². The summed E-state index contributed by atoms with van der Waals surface area (Å²) >= 11 is 0. The second kappa shape index (κ2) is 8.29. The van der Waals surface area contributed by atoms with Crippen molar-refractivity contribution < 1.29 is 4.79 Å². The molecule has 1 heterocycles. The lowest BCUT2D eigenvalue weighted by atomic mass is 10.1. The van der Waals surface area contributed by atoms with E-state index in [1.54, 1.807) is 12.1 Å². The summed E-state index contributed by atoms with van der Waals surface area (Å²) in [7, 11) is 0. The monoisotopic (exact) mass is 357 g/mol. The first kappa shape index (κ1) is 19.4. The predicted octanol–water partition coefficient (Wildman–Crippen LogP) is 2.09. The van der Waals surface area contributed by atoms with Gasteiger partial charge in [0.15, 0.2) is 5.82 Å². The van der Waals surface area contributed by atoms with Crippen LogP contribution in [0.3, 0.4) is 0 Å². The maximum absolute atomic E-state index is 12.2. The molecule has 1 amide bonds. The fourth-order valence-electron chi connectivity index (χ4n) is 2.27. The van der Waals surface area contributed by atoms with Crippen LogP contribution in [0.25, 0.3) is 11.4 Å². The molecular weight excluding hydrogens is 337 g/mol. The third-order valence-corrected chi connectivity index (χ3v) is 3.71. The van der Waals surface area contributed by atoms with E-state index in [9.17, 15) is 4.79 Å². The van der Waals surface area contributed by atoms with Gasteiger partial charge in [-0.1, -0.05) is 12.1 Å². The molecule has 1 unspecified atom stereocenters. The van der Waals surface area contributed by atoms with Crippen molar-refractivity contribution in [2.24, 2.45) is 11.7 Å². The number of hydrogen-bond donors (Lipinski definition) is 3. The Morgan fingerprint density at radius 2 is 2.17 bits per heavy atom. The van der Waals surface area contributed by atoms with Crippen molar-refractivity contribution in [2.45, 2.75) is 25.8 Å². The number of hydrogen-bond acceptors (Lipinski definition) is 4. The molecule has 0 aliphatic heterocycles. The minimum absolute atomic E-state index is 0. The Labute approximate surface area is 147 Å².